The van der Waals surface area contributed by atoms with Crippen molar-refractivity contribution in [1.82, 2.24) is 0 Å². The summed E-state index contributed by atoms with van der Waals surface area (Å²) in [7, 11) is -3.68. The lowest BCUT2D eigenvalue weighted by Gasteiger charge is -2.26. The number of anilines is 2. The Labute approximate surface area is 153 Å². The number of para-hydroxylation sites is 1. The molecule has 0 saturated heterocycles. The smallest absolute Gasteiger partial charge is 0.245 e. The zero-order valence-corrected chi connectivity index (χ0v) is 15.9. The van der Waals surface area contributed by atoms with Crippen molar-refractivity contribution in [3.05, 3.63) is 59.4 Å². The Morgan fingerprint density at radius 3 is 2.15 bits per heavy atom. The molecule has 0 atom stereocenters. The van der Waals surface area contributed by atoms with Gasteiger partial charge in [0, 0.05) is 5.69 Å². The van der Waals surface area contributed by atoms with E-state index in [0.29, 0.717) is 18.5 Å². The standard InChI is InChI=1S/C19H23FN2O3S/c1-4-14-8-6-9-15(5-2)19(14)22(26(3,24)25)13-18(23)21-17-11-7-10-16(20)12-17/h6-12H,4-5,13H2,1-3H3,(H,21,23). The van der Waals surface area contributed by atoms with Crippen molar-refractivity contribution in [3.63, 3.8) is 0 Å². The maximum atomic E-state index is 13.3. The number of benzene rings is 2. The average molecular weight is 378 g/mol. The van der Waals surface area contributed by atoms with Crippen LogP contribution >= 0.6 is 0 Å². The van der Waals surface area contributed by atoms with Crippen LogP contribution in [0.25, 0.3) is 0 Å². The molecule has 0 heterocycles. The lowest BCUT2D eigenvalue weighted by Crippen LogP contribution is -2.38. The van der Waals surface area contributed by atoms with E-state index in [2.05, 4.69) is 5.32 Å². The molecule has 0 radical (unpaired) electrons. The minimum atomic E-state index is -3.68. The van der Waals surface area contributed by atoms with Gasteiger partial charge < -0.3 is 5.32 Å². The Kier molecular flexibility index (Phi) is 6.37. The summed E-state index contributed by atoms with van der Waals surface area (Å²) >= 11 is 0. The highest BCUT2D eigenvalue weighted by molar-refractivity contribution is 7.92. The third kappa shape index (κ3) is 4.82. The minimum Gasteiger partial charge on any atom is -0.324 e. The summed E-state index contributed by atoms with van der Waals surface area (Å²) in [5, 5.41) is 2.54. The first-order valence-corrected chi connectivity index (χ1v) is 10.2. The Morgan fingerprint density at radius 1 is 1.08 bits per heavy atom. The number of carbonyl (C=O) groups is 1. The monoisotopic (exact) mass is 378 g/mol. The first-order chi connectivity index (χ1) is 12.3. The number of sulfonamides is 1. The van der Waals surface area contributed by atoms with E-state index in [0.717, 1.165) is 21.7 Å². The number of hydrogen-bond acceptors (Lipinski definition) is 3. The van der Waals surface area contributed by atoms with Crippen LogP contribution in [0, 0.1) is 5.82 Å². The topological polar surface area (TPSA) is 66.5 Å². The number of rotatable bonds is 7. The molecule has 0 aliphatic carbocycles. The quantitative estimate of drug-likeness (QED) is 0.803. The number of hydrogen-bond donors (Lipinski definition) is 1. The van der Waals surface area contributed by atoms with E-state index in [9.17, 15) is 17.6 Å². The van der Waals surface area contributed by atoms with Gasteiger partial charge in [-0.2, -0.15) is 0 Å². The van der Waals surface area contributed by atoms with Crippen molar-refractivity contribution in [2.75, 3.05) is 22.4 Å². The van der Waals surface area contributed by atoms with E-state index in [1.807, 2.05) is 32.0 Å². The van der Waals surface area contributed by atoms with E-state index >= 15 is 0 Å². The van der Waals surface area contributed by atoms with Gasteiger partial charge in [0.05, 0.1) is 11.9 Å². The number of amides is 1. The lowest BCUT2D eigenvalue weighted by molar-refractivity contribution is -0.114. The molecule has 0 saturated carbocycles. The van der Waals surface area contributed by atoms with Crippen molar-refractivity contribution in [2.24, 2.45) is 0 Å². The lowest BCUT2D eigenvalue weighted by atomic mass is 10.0. The molecule has 2 aromatic rings. The second kappa shape index (κ2) is 8.31. The van der Waals surface area contributed by atoms with Crippen LogP contribution in [0.3, 0.4) is 0 Å². The molecule has 0 aromatic heterocycles. The van der Waals surface area contributed by atoms with Gasteiger partial charge in [-0.25, -0.2) is 12.8 Å². The van der Waals surface area contributed by atoms with Crippen LogP contribution in [0.1, 0.15) is 25.0 Å². The molecule has 0 spiro atoms. The van der Waals surface area contributed by atoms with Crippen molar-refractivity contribution < 1.29 is 17.6 Å². The second-order valence-corrected chi connectivity index (χ2v) is 7.87. The highest BCUT2D eigenvalue weighted by Gasteiger charge is 2.25. The number of nitrogens with one attached hydrogen (secondary N) is 1. The van der Waals surface area contributed by atoms with Gasteiger partial charge in [0.15, 0.2) is 0 Å². The molecule has 7 heteroatoms. The second-order valence-electron chi connectivity index (χ2n) is 5.96. The van der Waals surface area contributed by atoms with Gasteiger partial charge in [0.1, 0.15) is 12.4 Å². The molecule has 1 amide bonds. The van der Waals surface area contributed by atoms with E-state index in [4.69, 9.17) is 0 Å². The normalized spacial score (nSPS) is 11.2. The Hall–Kier alpha value is -2.41. The first-order valence-electron chi connectivity index (χ1n) is 8.40. The third-order valence-corrected chi connectivity index (χ3v) is 5.12. The van der Waals surface area contributed by atoms with Gasteiger partial charge in [-0.15, -0.1) is 0 Å². The predicted octanol–water partition coefficient (Wildman–Crippen LogP) is 3.36. The van der Waals surface area contributed by atoms with Crippen LogP contribution in [0.4, 0.5) is 15.8 Å². The molecule has 2 aromatic carbocycles. The Morgan fingerprint density at radius 2 is 1.65 bits per heavy atom. The summed E-state index contributed by atoms with van der Waals surface area (Å²) in [5.41, 5.74) is 2.54. The van der Waals surface area contributed by atoms with E-state index < -0.39 is 21.7 Å². The van der Waals surface area contributed by atoms with Crippen molar-refractivity contribution in [3.8, 4) is 0 Å². The van der Waals surface area contributed by atoms with E-state index in [1.165, 1.54) is 18.2 Å². The SMILES string of the molecule is CCc1cccc(CC)c1N(CC(=O)Nc1cccc(F)c1)S(C)(=O)=O. The van der Waals surface area contributed by atoms with E-state index in [1.54, 1.807) is 6.07 Å². The summed E-state index contributed by atoms with van der Waals surface area (Å²) in [6.07, 6.45) is 2.36. The molecule has 2 rings (SSSR count). The number of halogens is 1. The van der Waals surface area contributed by atoms with Gasteiger partial charge in [0.2, 0.25) is 15.9 Å². The summed E-state index contributed by atoms with van der Waals surface area (Å²) in [6, 6.07) is 11.1. The molecular weight excluding hydrogens is 355 g/mol. The molecule has 0 aliphatic rings. The fourth-order valence-corrected chi connectivity index (χ4v) is 3.71. The highest BCUT2D eigenvalue weighted by Crippen LogP contribution is 2.29. The van der Waals surface area contributed by atoms with Crippen LogP contribution in [0.5, 0.6) is 0 Å². The molecule has 26 heavy (non-hydrogen) atoms. The van der Waals surface area contributed by atoms with Crippen LogP contribution in [0.15, 0.2) is 42.5 Å². The largest absolute Gasteiger partial charge is 0.324 e. The predicted molar refractivity (Wildman–Crippen MR) is 102 cm³/mol. The zero-order valence-electron chi connectivity index (χ0n) is 15.1. The third-order valence-electron chi connectivity index (χ3n) is 4.01. The molecule has 0 aliphatic heterocycles. The zero-order chi connectivity index (χ0) is 19.3. The molecule has 140 valence electrons. The maximum Gasteiger partial charge on any atom is 0.245 e. The van der Waals surface area contributed by atoms with Gasteiger partial charge in [-0.3, -0.25) is 9.10 Å². The van der Waals surface area contributed by atoms with Crippen LogP contribution in [-0.4, -0.2) is 27.1 Å². The summed E-state index contributed by atoms with van der Waals surface area (Å²) in [5.74, 6) is -1.01. The van der Waals surface area contributed by atoms with Crippen LogP contribution < -0.4 is 9.62 Å². The highest BCUT2D eigenvalue weighted by atomic mass is 32.2. The van der Waals surface area contributed by atoms with Crippen molar-refractivity contribution >= 4 is 27.3 Å². The van der Waals surface area contributed by atoms with Gasteiger partial charge in [0.25, 0.3) is 0 Å². The molecule has 1 N–H and O–H groups in total. The van der Waals surface area contributed by atoms with Crippen molar-refractivity contribution in [2.45, 2.75) is 26.7 Å². The van der Waals surface area contributed by atoms with E-state index in [-0.39, 0.29) is 12.2 Å². The Bertz CT molecular complexity index is 875. The first kappa shape index (κ1) is 19.9. The number of nitrogens with zero attached hydrogens (tertiary/aromatic N) is 1. The fraction of sp³-hybridized carbons (Fsp3) is 0.316. The fourth-order valence-electron chi connectivity index (χ4n) is 2.79. The van der Waals surface area contributed by atoms with Crippen molar-refractivity contribution in [1.29, 1.82) is 0 Å². The number of aryl methyl sites for hydroxylation is 2. The molecule has 5 nitrogen and oxygen atoms in total. The number of carbonyl (C=O) groups excluding carboxylic acids is 1. The molecular formula is C19H23FN2O3S. The maximum absolute atomic E-state index is 13.3. The van der Waals surface area contributed by atoms with Crippen LogP contribution in [0.2, 0.25) is 0 Å². The van der Waals surface area contributed by atoms with Gasteiger partial charge in [-0.1, -0.05) is 38.1 Å². The Balaban J connectivity index is 2.37. The summed E-state index contributed by atoms with van der Waals surface area (Å²) in [6.45, 7) is 3.50. The molecule has 0 fully saturated rings. The minimum absolute atomic E-state index is 0.281. The van der Waals surface area contributed by atoms with Gasteiger partial charge in [-0.05, 0) is 42.2 Å². The van der Waals surface area contributed by atoms with Crippen LogP contribution in [-0.2, 0) is 27.7 Å². The summed E-state index contributed by atoms with van der Waals surface area (Å²) < 4.78 is 39.2. The molecule has 0 bridgehead atoms. The van der Waals surface area contributed by atoms with Gasteiger partial charge >= 0.3 is 0 Å². The summed E-state index contributed by atoms with van der Waals surface area (Å²) in [4.78, 5) is 12.4. The average Bonchev–Trinajstić information content (AvgIpc) is 2.58. The molecule has 0 unspecified atom stereocenters.